The Kier molecular flexibility index (Phi) is 4.64. The molecule has 3 saturated carbocycles. The van der Waals surface area contributed by atoms with Gasteiger partial charge in [0.1, 0.15) is 29.1 Å². The zero-order valence-electron chi connectivity index (χ0n) is 14.8. The molecule has 1 aromatic heterocycles. The van der Waals surface area contributed by atoms with Crippen molar-refractivity contribution in [3.8, 4) is 11.8 Å². The Morgan fingerprint density at radius 1 is 1.29 bits per heavy atom. The van der Waals surface area contributed by atoms with Crippen LogP contribution in [0.2, 0.25) is 5.02 Å². The zero-order chi connectivity index (χ0) is 19.9. The van der Waals surface area contributed by atoms with Gasteiger partial charge in [0.25, 0.3) is 5.91 Å². The van der Waals surface area contributed by atoms with Gasteiger partial charge in [-0.1, -0.05) is 11.6 Å². The molecule has 28 heavy (non-hydrogen) atoms. The number of Topliss-reactive ketones (excluding diaryl/α,β-unsaturated/α-hetero) is 1. The minimum atomic E-state index is -0.587. The topological polar surface area (TPSA) is 79.2 Å². The predicted molar refractivity (Wildman–Crippen MR) is 102 cm³/mol. The fraction of sp³-hybridized carbons (Fsp3) is 0.350. The summed E-state index contributed by atoms with van der Waals surface area (Å²) >= 11 is 6.79. The Balaban J connectivity index is 1.24. The second-order valence-electron chi connectivity index (χ2n) is 7.62. The molecule has 0 saturated heterocycles. The largest absolute Gasteiger partial charge is 0.486 e. The number of halogens is 2. The third kappa shape index (κ3) is 3.50. The maximum Gasteiger partial charge on any atom is 0.261 e. The van der Waals surface area contributed by atoms with Gasteiger partial charge >= 0.3 is 0 Å². The Morgan fingerprint density at radius 3 is 2.68 bits per heavy atom. The number of thiophene rings is 1. The molecule has 1 heterocycles. The summed E-state index contributed by atoms with van der Waals surface area (Å²) in [5.74, 6) is -0.535. The van der Waals surface area contributed by atoms with Gasteiger partial charge in [-0.2, -0.15) is 5.26 Å². The molecule has 2 aromatic rings. The number of carbonyl (C=O) groups excluding carboxylic acids is 2. The van der Waals surface area contributed by atoms with Gasteiger partial charge in [0, 0.05) is 18.0 Å². The normalized spacial score (nSPS) is 24.5. The molecule has 0 atom stereocenters. The van der Waals surface area contributed by atoms with Crippen LogP contribution in [0.3, 0.4) is 0 Å². The number of ether oxygens (including phenoxy) is 1. The van der Waals surface area contributed by atoms with E-state index in [1.165, 1.54) is 23.5 Å². The van der Waals surface area contributed by atoms with Crippen LogP contribution >= 0.6 is 22.9 Å². The van der Waals surface area contributed by atoms with Crippen molar-refractivity contribution in [1.82, 2.24) is 5.32 Å². The highest BCUT2D eigenvalue weighted by Gasteiger charge is 2.68. The summed E-state index contributed by atoms with van der Waals surface area (Å²) < 4.78 is 18.7. The third-order valence-corrected chi connectivity index (χ3v) is 6.62. The first-order chi connectivity index (χ1) is 13.3. The summed E-state index contributed by atoms with van der Waals surface area (Å²) in [5.41, 5.74) is -0.291. The van der Waals surface area contributed by atoms with Crippen molar-refractivity contribution in [2.45, 2.75) is 31.2 Å². The average molecular weight is 419 g/mol. The van der Waals surface area contributed by atoms with E-state index >= 15 is 0 Å². The Bertz CT molecular complexity index is 993. The molecule has 144 valence electrons. The van der Waals surface area contributed by atoms with Gasteiger partial charge in [-0.3, -0.25) is 9.59 Å². The number of hydrogen-bond donors (Lipinski definition) is 1. The van der Waals surface area contributed by atoms with Gasteiger partial charge in [0.05, 0.1) is 9.90 Å². The number of nitrogens with one attached hydrogen (secondary N) is 1. The van der Waals surface area contributed by atoms with Crippen LogP contribution in [0.4, 0.5) is 4.39 Å². The first kappa shape index (κ1) is 18.9. The fourth-order valence-electron chi connectivity index (χ4n) is 4.34. The highest BCUT2D eigenvalue weighted by atomic mass is 35.5. The SMILES string of the molecule is N#Cc1ccc(C(=O)NC23CC(CC(=O)COc4ccc(Cl)c(F)c4)(C2)C3)s1. The summed E-state index contributed by atoms with van der Waals surface area (Å²) in [6, 6.07) is 9.37. The lowest BCUT2D eigenvalue weighted by Gasteiger charge is -2.70. The maximum atomic E-state index is 13.4. The average Bonchev–Trinajstić information content (AvgIpc) is 3.09. The first-order valence-electron chi connectivity index (χ1n) is 8.74. The molecular formula is C20H16ClFN2O3S. The number of hydrogen-bond acceptors (Lipinski definition) is 5. The Hall–Kier alpha value is -2.43. The summed E-state index contributed by atoms with van der Waals surface area (Å²) in [5, 5.41) is 11.9. The van der Waals surface area contributed by atoms with Crippen molar-refractivity contribution in [3.63, 3.8) is 0 Å². The number of nitriles is 1. The van der Waals surface area contributed by atoms with Crippen molar-refractivity contribution in [2.24, 2.45) is 5.41 Å². The molecule has 0 radical (unpaired) electrons. The van der Waals surface area contributed by atoms with E-state index < -0.39 is 5.82 Å². The third-order valence-electron chi connectivity index (χ3n) is 5.32. The molecule has 1 N–H and O–H groups in total. The van der Waals surface area contributed by atoms with E-state index in [0.717, 1.165) is 25.3 Å². The van der Waals surface area contributed by atoms with E-state index in [-0.39, 0.29) is 40.0 Å². The number of benzene rings is 1. The second kappa shape index (κ2) is 6.87. The molecule has 0 spiro atoms. The lowest BCUT2D eigenvalue weighted by atomic mass is 9.38. The van der Waals surface area contributed by atoms with E-state index in [2.05, 4.69) is 5.32 Å². The van der Waals surface area contributed by atoms with Crippen LogP contribution in [0.25, 0.3) is 0 Å². The molecule has 5 nitrogen and oxygen atoms in total. The van der Waals surface area contributed by atoms with E-state index in [9.17, 15) is 14.0 Å². The number of amides is 1. The molecule has 3 aliphatic carbocycles. The van der Waals surface area contributed by atoms with Crippen molar-refractivity contribution in [2.75, 3.05) is 6.61 Å². The van der Waals surface area contributed by atoms with E-state index in [4.69, 9.17) is 21.6 Å². The van der Waals surface area contributed by atoms with Crippen molar-refractivity contribution in [1.29, 1.82) is 5.26 Å². The molecule has 3 aliphatic rings. The molecule has 0 aliphatic heterocycles. The lowest BCUT2D eigenvalue weighted by Crippen LogP contribution is -2.75. The number of nitrogens with zero attached hydrogens (tertiary/aromatic N) is 1. The standard InChI is InChI=1S/C20H16ClFN2O3S/c21-15-3-1-13(5-16(15)22)27-8-12(25)6-19-9-20(10-19,11-19)24-18(26)17-4-2-14(7-23)28-17/h1-5H,6,8-11H2,(H,24,26). The quantitative estimate of drug-likeness (QED) is 0.734. The van der Waals surface area contributed by atoms with Crippen molar-refractivity contribution < 1.29 is 18.7 Å². The summed E-state index contributed by atoms with van der Waals surface area (Å²) in [6.07, 6.45) is 2.69. The van der Waals surface area contributed by atoms with Crippen LogP contribution in [0.1, 0.15) is 40.2 Å². The van der Waals surface area contributed by atoms with Crippen LogP contribution in [-0.2, 0) is 4.79 Å². The minimum absolute atomic E-state index is 0.00582. The van der Waals surface area contributed by atoms with Gasteiger partial charge in [-0.05, 0) is 48.9 Å². The van der Waals surface area contributed by atoms with Crippen LogP contribution in [0, 0.1) is 22.6 Å². The zero-order valence-corrected chi connectivity index (χ0v) is 16.3. The molecule has 1 amide bonds. The predicted octanol–water partition coefficient (Wildman–Crippen LogP) is 4.10. The van der Waals surface area contributed by atoms with Crippen LogP contribution in [0.5, 0.6) is 5.75 Å². The highest BCUT2D eigenvalue weighted by Crippen LogP contribution is 2.69. The van der Waals surface area contributed by atoms with Crippen molar-refractivity contribution >= 4 is 34.6 Å². The van der Waals surface area contributed by atoms with Gasteiger partial charge in [-0.25, -0.2) is 4.39 Å². The maximum absolute atomic E-state index is 13.4. The van der Waals surface area contributed by atoms with Crippen molar-refractivity contribution in [3.05, 3.63) is 50.9 Å². The van der Waals surface area contributed by atoms with Gasteiger partial charge in [0.15, 0.2) is 5.78 Å². The second-order valence-corrected chi connectivity index (χ2v) is 9.11. The Morgan fingerprint density at radius 2 is 2.04 bits per heavy atom. The number of carbonyl (C=O) groups is 2. The molecular weight excluding hydrogens is 403 g/mol. The monoisotopic (exact) mass is 418 g/mol. The molecule has 0 unspecified atom stereocenters. The fourth-order valence-corrected chi connectivity index (χ4v) is 5.16. The summed E-state index contributed by atoms with van der Waals surface area (Å²) in [4.78, 5) is 25.6. The van der Waals surface area contributed by atoms with Gasteiger partial charge < -0.3 is 10.1 Å². The molecule has 1 aromatic carbocycles. The lowest BCUT2D eigenvalue weighted by molar-refractivity contribution is -0.162. The summed E-state index contributed by atoms with van der Waals surface area (Å²) in [6.45, 7) is -0.117. The number of rotatable bonds is 7. The van der Waals surface area contributed by atoms with E-state index in [1.807, 2.05) is 6.07 Å². The van der Waals surface area contributed by atoms with Crippen LogP contribution < -0.4 is 10.1 Å². The van der Waals surface area contributed by atoms with Crippen LogP contribution in [-0.4, -0.2) is 23.8 Å². The van der Waals surface area contributed by atoms with Gasteiger partial charge in [0.2, 0.25) is 0 Å². The van der Waals surface area contributed by atoms with Gasteiger partial charge in [-0.15, -0.1) is 11.3 Å². The number of ketones is 1. The smallest absolute Gasteiger partial charge is 0.261 e. The Labute approximate surface area is 170 Å². The van der Waals surface area contributed by atoms with E-state index in [0.29, 0.717) is 16.2 Å². The van der Waals surface area contributed by atoms with Crippen LogP contribution in [0.15, 0.2) is 30.3 Å². The molecule has 8 heteroatoms. The first-order valence-corrected chi connectivity index (χ1v) is 9.94. The molecule has 2 bridgehead atoms. The molecule has 3 fully saturated rings. The summed E-state index contributed by atoms with van der Waals surface area (Å²) in [7, 11) is 0. The molecule has 5 rings (SSSR count). The minimum Gasteiger partial charge on any atom is -0.486 e. The van der Waals surface area contributed by atoms with E-state index in [1.54, 1.807) is 12.1 Å². The highest BCUT2D eigenvalue weighted by molar-refractivity contribution is 7.14.